The summed E-state index contributed by atoms with van der Waals surface area (Å²) in [4.78, 5) is 34.6. The zero-order valence-electron chi connectivity index (χ0n) is 16.3. The quantitative estimate of drug-likeness (QED) is 0.852. The molecule has 2 N–H and O–H groups in total. The number of ether oxygens (including phenoxy) is 1. The van der Waals surface area contributed by atoms with Gasteiger partial charge in [0.25, 0.3) is 5.91 Å². The molecule has 0 atom stereocenters. The van der Waals surface area contributed by atoms with Crippen LogP contribution in [0.1, 0.15) is 56.7 Å². The average Bonchev–Trinajstić information content (AvgIpc) is 2.53. The van der Waals surface area contributed by atoms with Gasteiger partial charge < -0.3 is 20.3 Å². The predicted octanol–water partition coefficient (Wildman–Crippen LogP) is 2.35. The molecule has 1 aromatic heterocycles. The number of amides is 2. The van der Waals surface area contributed by atoms with Gasteiger partial charge in [0.15, 0.2) is 0 Å². The molecule has 0 bridgehead atoms. The third-order valence-corrected chi connectivity index (χ3v) is 3.93. The van der Waals surface area contributed by atoms with Crippen LogP contribution in [0.3, 0.4) is 0 Å². The van der Waals surface area contributed by atoms with Gasteiger partial charge in [0, 0.05) is 30.4 Å². The Morgan fingerprint density at radius 1 is 1.27 bits per heavy atom. The average molecular weight is 363 g/mol. The van der Waals surface area contributed by atoms with Crippen LogP contribution in [-0.2, 0) is 4.74 Å². The molecule has 144 valence electrons. The second-order valence-electron chi connectivity index (χ2n) is 7.53. The molecule has 1 aliphatic rings. The zero-order chi connectivity index (χ0) is 19.3. The SMILES string of the molecule is CCOC(=O)N1CCC(Nc2nc(C)cc(C(=O)NC(C)(C)C)n2)CC1. The van der Waals surface area contributed by atoms with Crippen molar-refractivity contribution >= 4 is 17.9 Å². The van der Waals surface area contributed by atoms with E-state index in [4.69, 9.17) is 4.74 Å². The lowest BCUT2D eigenvalue weighted by Gasteiger charge is -2.31. The van der Waals surface area contributed by atoms with Crippen molar-refractivity contribution in [1.29, 1.82) is 0 Å². The first-order valence-electron chi connectivity index (χ1n) is 9.04. The Hall–Kier alpha value is -2.38. The normalized spacial score (nSPS) is 15.5. The van der Waals surface area contributed by atoms with Crippen LogP contribution >= 0.6 is 0 Å². The monoisotopic (exact) mass is 363 g/mol. The second-order valence-corrected chi connectivity index (χ2v) is 7.53. The van der Waals surface area contributed by atoms with Gasteiger partial charge in [0.05, 0.1) is 6.61 Å². The van der Waals surface area contributed by atoms with Crippen molar-refractivity contribution in [1.82, 2.24) is 20.2 Å². The maximum atomic E-state index is 12.3. The van der Waals surface area contributed by atoms with Gasteiger partial charge in [0.2, 0.25) is 5.95 Å². The maximum absolute atomic E-state index is 12.3. The topological polar surface area (TPSA) is 96.5 Å². The highest BCUT2D eigenvalue weighted by atomic mass is 16.6. The fraction of sp³-hybridized carbons (Fsp3) is 0.667. The van der Waals surface area contributed by atoms with Gasteiger partial charge >= 0.3 is 6.09 Å². The van der Waals surface area contributed by atoms with Crippen molar-refractivity contribution in [2.45, 2.75) is 59.0 Å². The van der Waals surface area contributed by atoms with Crippen LogP contribution in [0, 0.1) is 6.92 Å². The molecule has 2 amide bonds. The molecule has 1 aromatic rings. The van der Waals surface area contributed by atoms with E-state index in [1.54, 1.807) is 17.9 Å². The van der Waals surface area contributed by atoms with E-state index < -0.39 is 0 Å². The Balaban J connectivity index is 1.98. The van der Waals surface area contributed by atoms with Crippen molar-refractivity contribution in [3.8, 4) is 0 Å². The van der Waals surface area contributed by atoms with E-state index in [9.17, 15) is 9.59 Å². The van der Waals surface area contributed by atoms with E-state index in [-0.39, 0.29) is 23.6 Å². The van der Waals surface area contributed by atoms with E-state index in [1.807, 2.05) is 27.7 Å². The summed E-state index contributed by atoms with van der Waals surface area (Å²) in [5.74, 6) is 0.224. The van der Waals surface area contributed by atoms with Gasteiger partial charge in [-0.3, -0.25) is 4.79 Å². The number of piperidine rings is 1. The lowest BCUT2D eigenvalue weighted by Crippen LogP contribution is -2.43. The molecule has 26 heavy (non-hydrogen) atoms. The van der Waals surface area contributed by atoms with Crippen LogP contribution in [0.15, 0.2) is 6.07 Å². The highest BCUT2D eigenvalue weighted by Gasteiger charge is 2.24. The minimum Gasteiger partial charge on any atom is -0.450 e. The molecule has 0 saturated carbocycles. The molecule has 8 heteroatoms. The lowest BCUT2D eigenvalue weighted by molar-refractivity contribution is 0.0912. The van der Waals surface area contributed by atoms with E-state index in [2.05, 4.69) is 20.6 Å². The number of aryl methyl sites for hydroxylation is 1. The third kappa shape index (κ3) is 5.86. The molecular weight excluding hydrogens is 334 g/mol. The summed E-state index contributed by atoms with van der Waals surface area (Å²) in [6.45, 7) is 11.0. The number of likely N-dealkylation sites (tertiary alicyclic amines) is 1. The van der Waals surface area contributed by atoms with Crippen molar-refractivity contribution in [3.05, 3.63) is 17.5 Å². The Morgan fingerprint density at radius 2 is 1.92 bits per heavy atom. The van der Waals surface area contributed by atoms with E-state index >= 15 is 0 Å². The molecular formula is C18H29N5O3. The van der Waals surface area contributed by atoms with Gasteiger partial charge in [-0.05, 0) is 53.5 Å². The van der Waals surface area contributed by atoms with Crippen LogP contribution in [0.4, 0.5) is 10.7 Å². The second kappa shape index (κ2) is 8.33. The number of hydrogen-bond donors (Lipinski definition) is 2. The Morgan fingerprint density at radius 3 is 2.50 bits per heavy atom. The summed E-state index contributed by atoms with van der Waals surface area (Å²) in [6, 6.07) is 1.83. The largest absolute Gasteiger partial charge is 0.450 e. The number of nitrogens with zero attached hydrogens (tertiary/aromatic N) is 3. The summed E-state index contributed by atoms with van der Waals surface area (Å²) in [7, 11) is 0. The van der Waals surface area contributed by atoms with Gasteiger partial charge in [0.1, 0.15) is 5.69 Å². The minimum absolute atomic E-state index is 0.154. The molecule has 0 aliphatic carbocycles. The fourth-order valence-electron chi connectivity index (χ4n) is 2.76. The Labute approximate surface area is 154 Å². The van der Waals surface area contributed by atoms with Crippen LogP contribution in [-0.4, -0.2) is 58.1 Å². The number of hydrogen-bond acceptors (Lipinski definition) is 6. The molecule has 8 nitrogen and oxygen atoms in total. The molecule has 1 aliphatic heterocycles. The first kappa shape index (κ1) is 19.9. The van der Waals surface area contributed by atoms with Gasteiger partial charge in [-0.15, -0.1) is 0 Å². The number of nitrogens with one attached hydrogen (secondary N) is 2. The summed E-state index contributed by atoms with van der Waals surface area (Å²) >= 11 is 0. The van der Waals surface area contributed by atoms with Crippen LogP contribution in [0.25, 0.3) is 0 Å². The van der Waals surface area contributed by atoms with Crippen molar-refractivity contribution in [3.63, 3.8) is 0 Å². The third-order valence-electron chi connectivity index (χ3n) is 3.93. The summed E-state index contributed by atoms with van der Waals surface area (Å²) in [6.07, 6.45) is 1.29. The molecule has 0 radical (unpaired) electrons. The number of aromatic nitrogens is 2. The zero-order valence-corrected chi connectivity index (χ0v) is 16.3. The van der Waals surface area contributed by atoms with Gasteiger partial charge in [-0.2, -0.15) is 0 Å². The summed E-state index contributed by atoms with van der Waals surface area (Å²) in [5, 5.41) is 6.20. The van der Waals surface area contributed by atoms with Crippen LogP contribution in [0.5, 0.6) is 0 Å². The first-order chi connectivity index (χ1) is 12.2. The van der Waals surface area contributed by atoms with Crippen molar-refractivity contribution < 1.29 is 14.3 Å². The fourth-order valence-corrected chi connectivity index (χ4v) is 2.76. The molecule has 0 aromatic carbocycles. The highest BCUT2D eigenvalue weighted by Crippen LogP contribution is 2.16. The minimum atomic E-state index is -0.330. The first-order valence-corrected chi connectivity index (χ1v) is 9.04. The van der Waals surface area contributed by atoms with E-state index in [0.717, 1.165) is 18.5 Å². The summed E-state index contributed by atoms with van der Waals surface area (Å²) in [5.41, 5.74) is 0.744. The molecule has 2 heterocycles. The number of carbonyl (C=O) groups excluding carboxylic acids is 2. The van der Waals surface area contributed by atoms with Gasteiger partial charge in [-0.1, -0.05) is 0 Å². The van der Waals surface area contributed by atoms with Gasteiger partial charge in [-0.25, -0.2) is 14.8 Å². The number of carbonyl (C=O) groups is 2. The van der Waals surface area contributed by atoms with Crippen LogP contribution < -0.4 is 10.6 Å². The highest BCUT2D eigenvalue weighted by molar-refractivity contribution is 5.93. The molecule has 2 rings (SSSR count). The van der Waals surface area contributed by atoms with E-state index in [0.29, 0.717) is 31.3 Å². The molecule has 0 spiro atoms. The molecule has 0 unspecified atom stereocenters. The molecule has 1 saturated heterocycles. The van der Waals surface area contributed by atoms with Crippen LogP contribution in [0.2, 0.25) is 0 Å². The Bertz CT molecular complexity index is 649. The van der Waals surface area contributed by atoms with E-state index in [1.165, 1.54) is 0 Å². The predicted molar refractivity (Wildman–Crippen MR) is 99.2 cm³/mol. The number of anilines is 1. The standard InChI is InChI=1S/C18H29N5O3/c1-6-26-17(25)23-9-7-13(8-10-23)20-16-19-12(2)11-14(21-16)15(24)22-18(3,4)5/h11,13H,6-10H2,1-5H3,(H,22,24)(H,19,20,21). The van der Waals surface area contributed by atoms with Crippen molar-refractivity contribution in [2.75, 3.05) is 25.0 Å². The summed E-state index contributed by atoms with van der Waals surface area (Å²) < 4.78 is 5.03. The van der Waals surface area contributed by atoms with Crippen molar-refractivity contribution in [2.24, 2.45) is 0 Å². The lowest BCUT2D eigenvalue weighted by atomic mass is 10.1. The molecule has 1 fully saturated rings. The maximum Gasteiger partial charge on any atom is 0.409 e. The smallest absolute Gasteiger partial charge is 0.409 e. The Kier molecular flexibility index (Phi) is 6.39. The number of rotatable bonds is 4.